The highest BCUT2D eigenvalue weighted by Crippen LogP contribution is 1.96. The van der Waals surface area contributed by atoms with Gasteiger partial charge in [0, 0.05) is 6.42 Å². The van der Waals surface area contributed by atoms with E-state index in [1.54, 1.807) is 6.92 Å². The Hall–Kier alpha value is -0.920. The molecule has 2 nitrogen and oxygen atoms in total. The molecule has 0 aromatic heterocycles. The first-order chi connectivity index (χ1) is 8.69. The Morgan fingerprint density at radius 2 is 1.05 bits per heavy atom. The Morgan fingerprint density at radius 1 is 0.789 bits per heavy atom. The first kappa shape index (κ1) is 26.6. The van der Waals surface area contributed by atoms with E-state index in [-0.39, 0.29) is 11.6 Å². The quantitative estimate of drug-likeness (QED) is 0.611. The average molecular weight is 272 g/mol. The molecule has 0 saturated heterocycles. The van der Waals surface area contributed by atoms with Crippen molar-refractivity contribution in [3.8, 4) is 0 Å². The second-order valence-electron chi connectivity index (χ2n) is 4.77. The summed E-state index contributed by atoms with van der Waals surface area (Å²) in [6, 6.07) is 0. The van der Waals surface area contributed by atoms with E-state index in [9.17, 15) is 9.59 Å². The van der Waals surface area contributed by atoms with Crippen LogP contribution in [0, 0.1) is 0 Å². The maximum atomic E-state index is 10.0. The molecule has 0 aliphatic carbocycles. The van der Waals surface area contributed by atoms with Crippen molar-refractivity contribution in [1.82, 2.24) is 0 Å². The van der Waals surface area contributed by atoms with Crippen molar-refractivity contribution >= 4 is 11.6 Å². The Kier molecular flexibility index (Phi) is 36.1. The lowest BCUT2D eigenvalue weighted by Crippen LogP contribution is -1.84. The van der Waals surface area contributed by atoms with Gasteiger partial charge >= 0.3 is 0 Å². The molecule has 0 bridgehead atoms. The fourth-order valence-electron chi connectivity index (χ4n) is 0.779. The standard InChI is InChI=1S/C6H12.C5H10O.C3H6O.C3H8/c1-4-5-6(2)3;1-3-4-5(2)6;1-3(2)4;1-3-2/h2,4-5H2,1,3H3;3-4H2,1-2H3;1-2H3;3H2,1-2H3. The molecule has 0 radical (unpaired) electrons. The SMILES string of the molecule is C=C(C)CCC.CC(C)=O.CCC.CCCC(C)=O. The zero-order chi connectivity index (χ0) is 16.3. The lowest BCUT2D eigenvalue weighted by atomic mass is 10.2. The molecule has 0 aromatic carbocycles. The molecule has 0 fully saturated rings. The zero-order valence-electron chi connectivity index (χ0n) is 14.6. The first-order valence-electron chi connectivity index (χ1n) is 7.30. The van der Waals surface area contributed by atoms with Crippen molar-refractivity contribution in [2.45, 2.75) is 87.5 Å². The van der Waals surface area contributed by atoms with Crippen molar-refractivity contribution in [1.29, 1.82) is 0 Å². The number of hydrogen-bond donors (Lipinski definition) is 0. The van der Waals surface area contributed by atoms with E-state index in [0.717, 1.165) is 12.8 Å². The molecule has 0 N–H and O–H groups in total. The molecule has 0 aliphatic heterocycles. The smallest absolute Gasteiger partial charge is 0.129 e. The summed E-state index contributed by atoms with van der Waals surface area (Å²) in [5.41, 5.74) is 1.29. The number of hydrogen-bond acceptors (Lipinski definition) is 2. The second kappa shape index (κ2) is 25.8. The minimum Gasteiger partial charge on any atom is -0.300 e. The first-order valence-corrected chi connectivity index (χ1v) is 7.30. The number of ketones is 2. The van der Waals surface area contributed by atoms with Crippen molar-refractivity contribution in [3.05, 3.63) is 12.2 Å². The van der Waals surface area contributed by atoms with Gasteiger partial charge in [0.1, 0.15) is 11.6 Å². The van der Waals surface area contributed by atoms with Crippen molar-refractivity contribution in [2.75, 3.05) is 0 Å². The molecule has 0 atom stereocenters. The van der Waals surface area contributed by atoms with E-state index in [2.05, 4.69) is 34.3 Å². The van der Waals surface area contributed by atoms with Crippen LogP contribution in [0.25, 0.3) is 0 Å². The van der Waals surface area contributed by atoms with Gasteiger partial charge < -0.3 is 9.59 Å². The number of carbonyl (C=O) groups is 2. The highest BCUT2D eigenvalue weighted by atomic mass is 16.1. The van der Waals surface area contributed by atoms with Crippen LogP contribution in [0.3, 0.4) is 0 Å². The van der Waals surface area contributed by atoms with Gasteiger partial charge in [-0.15, -0.1) is 6.58 Å². The van der Waals surface area contributed by atoms with Gasteiger partial charge in [0.15, 0.2) is 0 Å². The zero-order valence-corrected chi connectivity index (χ0v) is 14.6. The molecule has 0 amide bonds. The third kappa shape index (κ3) is 151. The molecule has 116 valence electrons. The monoisotopic (exact) mass is 272 g/mol. The van der Waals surface area contributed by atoms with E-state index in [4.69, 9.17) is 0 Å². The predicted molar refractivity (Wildman–Crippen MR) is 87.6 cm³/mol. The van der Waals surface area contributed by atoms with E-state index < -0.39 is 0 Å². The summed E-state index contributed by atoms with van der Waals surface area (Å²) >= 11 is 0. The number of Topliss-reactive ketones (excluding diaryl/α,β-unsaturated/α-hetero) is 2. The van der Waals surface area contributed by atoms with Crippen LogP contribution in [0.1, 0.15) is 87.5 Å². The van der Waals surface area contributed by atoms with Crippen LogP contribution >= 0.6 is 0 Å². The molecule has 0 unspecified atom stereocenters. The molecule has 2 heteroatoms. The highest BCUT2D eigenvalue weighted by Gasteiger charge is 1.83. The highest BCUT2D eigenvalue weighted by molar-refractivity contribution is 5.75. The summed E-state index contributed by atoms with van der Waals surface area (Å²) in [5, 5.41) is 0. The van der Waals surface area contributed by atoms with Crippen LogP contribution < -0.4 is 0 Å². The Labute approximate surface area is 121 Å². The maximum absolute atomic E-state index is 10.0. The molecule has 0 heterocycles. The van der Waals surface area contributed by atoms with Crippen molar-refractivity contribution in [2.24, 2.45) is 0 Å². The number of allylic oxidation sites excluding steroid dienone is 1. The Bertz CT molecular complexity index is 185. The van der Waals surface area contributed by atoms with Crippen LogP contribution in [-0.4, -0.2) is 11.6 Å². The molecular weight excluding hydrogens is 236 g/mol. The lowest BCUT2D eigenvalue weighted by Gasteiger charge is -1.87. The average Bonchev–Trinajstić information content (AvgIpc) is 2.17. The molecule has 0 rings (SSSR count). The minimum absolute atomic E-state index is 0.167. The van der Waals surface area contributed by atoms with E-state index in [1.807, 2.05) is 6.92 Å². The maximum Gasteiger partial charge on any atom is 0.129 e. The largest absolute Gasteiger partial charge is 0.300 e. The fourth-order valence-corrected chi connectivity index (χ4v) is 0.779. The summed E-state index contributed by atoms with van der Waals surface area (Å²) in [4.78, 5) is 19.5. The van der Waals surface area contributed by atoms with Crippen LogP contribution in [0.15, 0.2) is 12.2 Å². The van der Waals surface area contributed by atoms with Crippen LogP contribution in [-0.2, 0) is 9.59 Å². The van der Waals surface area contributed by atoms with E-state index in [1.165, 1.54) is 38.7 Å². The molecular formula is C17H36O2. The van der Waals surface area contributed by atoms with Gasteiger partial charge in [0.2, 0.25) is 0 Å². The van der Waals surface area contributed by atoms with Gasteiger partial charge in [-0.2, -0.15) is 0 Å². The normalized spacial score (nSPS) is 7.58. The Morgan fingerprint density at radius 3 is 1.05 bits per heavy atom. The van der Waals surface area contributed by atoms with Crippen LogP contribution in [0.5, 0.6) is 0 Å². The third-order valence-electron chi connectivity index (χ3n) is 1.28. The van der Waals surface area contributed by atoms with Gasteiger partial charge in [-0.05, 0) is 40.5 Å². The summed E-state index contributed by atoms with van der Waals surface area (Å²) in [6.45, 7) is 18.9. The Balaban J connectivity index is -0.0000000821. The molecule has 0 aromatic rings. The topological polar surface area (TPSA) is 34.1 Å². The van der Waals surface area contributed by atoms with Gasteiger partial charge in [0.05, 0.1) is 0 Å². The van der Waals surface area contributed by atoms with Crippen LogP contribution in [0.4, 0.5) is 0 Å². The van der Waals surface area contributed by atoms with Gasteiger partial charge in [-0.25, -0.2) is 0 Å². The number of rotatable bonds is 4. The van der Waals surface area contributed by atoms with Crippen LogP contribution in [0.2, 0.25) is 0 Å². The molecule has 19 heavy (non-hydrogen) atoms. The summed E-state index contributed by atoms with van der Waals surface area (Å²) in [6.07, 6.45) is 5.38. The molecule has 0 saturated carbocycles. The lowest BCUT2D eigenvalue weighted by molar-refractivity contribution is -0.117. The van der Waals surface area contributed by atoms with Crippen molar-refractivity contribution < 1.29 is 9.59 Å². The molecule has 0 spiro atoms. The van der Waals surface area contributed by atoms with Gasteiger partial charge in [-0.1, -0.05) is 46.1 Å². The summed E-state index contributed by atoms with van der Waals surface area (Å²) in [7, 11) is 0. The van der Waals surface area contributed by atoms with Crippen molar-refractivity contribution in [3.63, 3.8) is 0 Å². The summed E-state index contributed by atoms with van der Waals surface area (Å²) in [5.74, 6) is 0.456. The third-order valence-corrected chi connectivity index (χ3v) is 1.28. The predicted octanol–water partition coefficient (Wildman–Crippen LogP) is 5.75. The van der Waals surface area contributed by atoms with Gasteiger partial charge in [-0.3, -0.25) is 0 Å². The molecule has 0 aliphatic rings. The second-order valence-corrected chi connectivity index (χ2v) is 4.77. The fraction of sp³-hybridized carbons (Fsp3) is 0.765. The van der Waals surface area contributed by atoms with E-state index >= 15 is 0 Å². The number of carbonyl (C=O) groups excluding carboxylic acids is 2. The van der Waals surface area contributed by atoms with E-state index in [0.29, 0.717) is 0 Å². The van der Waals surface area contributed by atoms with Gasteiger partial charge in [0.25, 0.3) is 0 Å². The summed E-state index contributed by atoms with van der Waals surface area (Å²) < 4.78 is 0. The minimum atomic E-state index is 0.167.